The molecular formula is C29H33N5O5. The summed E-state index contributed by atoms with van der Waals surface area (Å²) in [5.41, 5.74) is 11.5. The Kier molecular flexibility index (Phi) is 8.48. The van der Waals surface area contributed by atoms with Crippen molar-refractivity contribution < 1.29 is 18.9 Å². The number of pyridine rings is 2. The summed E-state index contributed by atoms with van der Waals surface area (Å²) in [6.45, 7) is 7.02. The van der Waals surface area contributed by atoms with Crippen LogP contribution in [0.2, 0.25) is 0 Å². The summed E-state index contributed by atoms with van der Waals surface area (Å²) >= 11 is 0. The summed E-state index contributed by atoms with van der Waals surface area (Å²) < 4.78 is 24.6. The fourth-order valence-corrected chi connectivity index (χ4v) is 4.40. The molecule has 10 heteroatoms. The van der Waals surface area contributed by atoms with E-state index in [0.29, 0.717) is 65.0 Å². The predicted octanol–water partition coefficient (Wildman–Crippen LogP) is 3.64. The number of methoxy groups -OCH3 is 3. The Morgan fingerprint density at radius 3 is 2.59 bits per heavy atom. The Balaban J connectivity index is 1.90. The monoisotopic (exact) mass is 531 g/mol. The number of hydrogen-bond donors (Lipinski definition) is 1. The molecule has 10 nitrogen and oxygen atoms in total. The first-order valence-corrected chi connectivity index (χ1v) is 12.3. The Labute approximate surface area is 226 Å². The Morgan fingerprint density at radius 1 is 1.13 bits per heavy atom. The van der Waals surface area contributed by atoms with Gasteiger partial charge in [0.1, 0.15) is 12.4 Å². The van der Waals surface area contributed by atoms with Gasteiger partial charge in [-0.3, -0.25) is 14.1 Å². The molecule has 3 aromatic heterocycles. The van der Waals surface area contributed by atoms with E-state index in [9.17, 15) is 4.79 Å². The van der Waals surface area contributed by atoms with Crippen molar-refractivity contribution in [1.82, 2.24) is 19.1 Å². The Hall–Kier alpha value is -4.41. The van der Waals surface area contributed by atoms with E-state index in [1.54, 1.807) is 49.8 Å². The third-order valence-corrected chi connectivity index (χ3v) is 6.38. The van der Waals surface area contributed by atoms with E-state index < -0.39 is 0 Å². The maximum atomic E-state index is 13.5. The van der Waals surface area contributed by atoms with Gasteiger partial charge in [0.15, 0.2) is 0 Å². The van der Waals surface area contributed by atoms with Gasteiger partial charge in [-0.2, -0.15) is 0 Å². The second-order valence-corrected chi connectivity index (χ2v) is 8.87. The molecule has 0 atom stereocenters. The van der Waals surface area contributed by atoms with Crippen LogP contribution in [-0.2, 0) is 21.3 Å². The van der Waals surface area contributed by atoms with Gasteiger partial charge < -0.3 is 24.7 Å². The van der Waals surface area contributed by atoms with Crippen molar-refractivity contribution in [3.63, 3.8) is 0 Å². The van der Waals surface area contributed by atoms with E-state index in [2.05, 4.69) is 16.5 Å². The first kappa shape index (κ1) is 27.6. The molecule has 0 aliphatic heterocycles. The van der Waals surface area contributed by atoms with Crippen LogP contribution >= 0.6 is 0 Å². The Morgan fingerprint density at radius 2 is 1.92 bits per heavy atom. The lowest BCUT2D eigenvalue weighted by atomic mass is 10.0. The number of ether oxygens (including phenoxy) is 4. The molecule has 0 spiro atoms. The summed E-state index contributed by atoms with van der Waals surface area (Å²) in [4.78, 5) is 22.7. The molecule has 0 unspecified atom stereocenters. The third-order valence-electron chi connectivity index (χ3n) is 6.38. The number of nitrogens with zero attached hydrogens (tertiary/aromatic N) is 4. The zero-order valence-corrected chi connectivity index (χ0v) is 22.9. The van der Waals surface area contributed by atoms with Crippen LogP contribution in [0.4, 0.5) is 0 Å². The number of benzene rings is 1. The van der Waals surface area contributed by atoms with Crippen LogP contribution < -0.4 is 16.2 Å². The average Bonchev–Trinajstić information content (AvgIpc) is 3.19. The minimum absolute atomic E-state index is 0.213. The first-order chi connectivity index (χ1) is 18.8. The van der Waals surface area contributed by atoms with Gasteiger partial charge in [0.05, 0.1) is 54.5 Å². The molecule has 4 rings (SSSR count). The van der Waals surface area contributed by atoms with Gasteiger partial charge in [0, 0.05) is 50.1 Å². The zero-order chi connectivity index (χ0) is 28.1. The third kappa shape index (κ3) is 5.43. The summed E-state index contributed by atoms with van der Waals surface area (Å²) in [5, 5.41) is 0.782. The van der Waals surface area contributed by atoms with Crippen LogP contribution in [-0.4, -0.2) is 60.3 Å². The van der Waals surface area contributed by atoms with Crippen LogP contribution in [0.25, 0.3) is 33.2 Å². The lowest BCUT2D eigenvalue weighted by Gasteiger charge is -2.12. The highest BCUT2D eigenvalue weighted by molar-refractivity contribution is 6.04. The number of nitrogens with two attached hydrogens (primary N) is 1. The number of allylic oxidation sites excluding steroid dienone is 2. The standard InChI is InChI=1S/C29H33N5O5/c1-18(17-37-5)26(38-6)14-21(15-30)20-7-8-23-22(13-20)28-25(16-31-23)33(3)29(35)34(28)24-9-10-27(32-19(24)2)39-12-11-36-4/h7-10,13-16H,1,11-12,17,30H2,2-6H3/b21-15+,26-14+. The molecule has 0 radical (unpaired) electrons. The van der Waals surface area contributed by atoms with Crippen LogP contribution in [0.1, 0.15) is 11.3 Å². The molecule has 0 amide bonds. The molecule has 0 aliphatic carbocycles. The van der Waals surface area contributed by atoms with Crippen LogP contribution in [0.15, 0.2) is 71.5 Å². The van der Waals surface area contributed by atoms with Gasteiger partial charge in [-0.25, -0.2) is 9.78 Å². The largest absolute Gasteiger partial charge is 0.496 e. The smallest absolute Gasteiger partial charge is 0.333 e. The van der Waals surface area contributed by atoms with Crippen molar-refractivity contribution in [3.05, 3.63) is 88.5 Å². The van der Waals surface area contributed by atoms with Gasteiger partial charge in [0.25, 0.3) is 0 Å². The van der Waals surface area contributed by atoms with Gasteiger partial charge in [-0.15, -0.1) is 0 Å². The summed E-state index contributed by atoms with van der Waals surface area (Å²) in [7, 11) is 6.50. The van der Waals surface area contributed by atoms with Gasteiger partial charge in [-0.1, -0.05) is 12.6 Å². The quantitative estimate of drug-likeness (QED) is 0.177. The molecule has 0 aliphatic rings. The topological polar surface area (TPSA) is 116 Å². The van der Waals surface area contributed by atoms with E-state index >= 15 is 0 Å². The van der Waals surface area contributed by atoms with E-state index in [1.165, 1.54) is 6.20 Å². The van der Waals surface area contributed by atoms with E-state index in [4.69, 9.17) is 24.7 Å². The molecule has 0 saturated heterocycles. The van der Waals surface area contributed by atoms with Crippen LogP contribution in [0.3, 0.4) is 0 Å². The van der Waals surface area contributed by atoms with Crippen molar-refractivity contribution in [1.29, 1.82) is 0 Å². The highest BCUT2D eigenvalue weighted by Crippen LogP contribution is 2.30. The van der Waals surface area contributed by atoms with E-state index in [-0.39, 0.29) is 5.69 Å². The SMILES string of the molecule is C=C(COC)/C(=C\C(=C/N)c1ccc2ncc3c(c2c1)n(-c1ccc(OCCOC)nc1C)c(=O)n3C)OC. The van der Waals surface area contributed by atoms with Gasteiger partial charge >= 0.3 is 5.69 Å². The fraction of sp³-hybridized carbons (Fsp3) is 0.276. The first-order valence-electron chi connectivity index (χ1n) is 12.3. The molecule has 2 N–H and O–H groups in total. The average molecular weight is 532 g/mol. The van der Waals surface area contributed by atoms with Crippen molar-refractivity contribution in [2.75, 3.05) is 41.2 Å². The predicted molar refractivity (Wildman–Crippen MR) is 152 cm³/mol. The van der Waals surface area contributed by atoms with Crippen molar-refractivity contribution in [2.24, 2.45) is 12.8 Å². The van der Waals surface area contributed by atoms with Crippen molar-refractivity contribution in [2.45, 2.75) is 6.92 Å². The number of fused-ring (bicyclic) bond motifs is 3. The second-order valence-electron chi connectivity index (χ2n) is 8.87. The summed E-state index contributed by atoms with van der Waals surface area (Å²) in [5.74, 6) is 1.01. The van der Waals surface area contributed by atoms with Crippen molar-refractivity contribution in [3.8, 4) is 11.6 Å². The van der Waals surface area contributed by atoms with Gasteiger partial charge in [-0.05, 0) is 36.8 Å². The number of rotatable bonds is 11. The number of imidazole rings is 1. The maximum Gasteiger partial charge on any atom is 0.333 e. The maximum absolute atomic E-state index is 13.5. The Bertz CT molecular complexity index is 1650. The molecule has 0 saturated carbocycles. The van der Waals surface area contributed by atoms with E-state index in [0.717, 1.165) is 16.5 Å². The lowest BCUT2D eigenvalue weighted by molar-refractivity contribution is 0.143. The molecule has 0 bridgehead atoms. The highest BCUT2D eigenvalue weighted by atomic mass is 16.5. The fourth-order valence-electron chi connectivity index (χ4n) is 4.40. The number of aromatic nitrogens is 4. The summed E-state index contributed by atoms with van der Waals surface area (Å²) in [6, 6.07) is 9.37. The van der Waals surface area contributed by atoms with E-state index in [1.807, 2.05) is 37.3 Å². The molecular weight excluding hydrogens is 498 g/mol. The molecule has 39 heavy (non-hydrogen) atoms. The number of aryl methyl sites for hydroxylation is 2. The highest BCUT2D eigenvalue weighted by Gasteiger charge is 2.19. The zero-order valence-electron chi connectivity index (χ0n) is 22.9. The molecule has 1 aromatic carbocycles. The minimum Gasteiger partial charge on any atom is -0.496 e. The van der Waals surface area contributed by atoms with Crippen LogP contribution in [0.5, 0.6) is 5.88 Å². The number of hydrogen-bond acceptors (Lipinski definition) is 8. The summed E-state index contributed by atoms with van der Waals surface area (Å²) in [6.07, 6.45) is 5.02. The molecule has 4 aromatic rings. The molecule has 3 heterocycles. The second kappa shape index (κ2) is 12.0. The van der Waals surface area contributed by atoms with Crippen LogP contribution in [0, 0.1) is 6.92 Å². The van der Waals surface area contributed by atoms with Crippen molar-refractivity contribution >= 4 is 27.5 Å². The molecule has 0 fully saturated rings. The minimum atomic E-state index is -0.213. The molecule has 204 valence electrons. The van der Waals surface area contributed by atoms with Gasteiger partial charge in [0.2, 0.25) is 5.88 Å². The lowest BCUT2D eigenvalue weighted by Crippen LogP contribution is -2.21. The normalized spacial score (nSPS) is 12.3.